The maximum Gasteiger partial charge on any atom is 0.303 e. The van der Waals surface area contributed by atoms with Crippen LogP contribution in [0.15, 0.2) is 0 Å². The lowest BCUT2D eigenvalue weighted by Gasteiger charge is -2.44. The van der Waals surface area contributed by atoms with Crippen molar-refractivity contribution in [2.24, 2.45) is 0 Å². The van der Waals surface area contributed by atoms with E-state index in [1.165, 1.54) is 7.11 Å². The third kappa shape index (κ3) is 19.2. The summed E-state index contributed by atoms with van der Waals surface area (Å²) < 4.78 is 99.6. The highest BCUT2D eigenvalue weighted by atomic mass is 16.8. The first-order valence-corrected chi connectivity index (χ1v) is 21.4. The average molecular weight is 1000 g/mol. The van der Waals surface area contributed by atoms with Crippen LogP contribution < -0.4 is 0 Å². The number of methoxy groups -OCH3 is 1. The van der Waals surface area contributed by atoms with Gasteiger partial charge < -0.3 is 95.5 Å². The number of carbonyl (C=O) groups is 8. The van der Waals surface area contributed by atoms with Crippen LogP contribution >= 0.6 is 0 Å². The minimum Gasteiger partial charge on any atom is -0.463 e. The molecular formula is C41H62O28. The summed E-state index contributed by atoms with van der Waals surface area (Å²) in [6.07, 6.45) is -20.5. The molecule has 0 bridgehead atoms. The number of rotatable bonds is 26. The molecule has 0 aromatic heterocycles. The number of esters is 8. The molecule has 28 heteroatoms. The van der Waals surface area contributed by atoms with Crippen LogP contribution in [0, 0.1) is 0 Å². The Morgan fingerprint density at radius 1 is 0.406 bits per heavy atom. The number of ether oxygens (including phenoxy) is 18. The molecule has 3 rings (SSSR count). The van der Waals surface area contributed by atoms with Gasteiger partial charge in [0.05, 0.1) is 33.0 Å². The van der Waals surface area contributed by atoms with Crippen LogP contribution in [-0.2, 0) is 124 Å². The molecule has 3 aliphatic rings. The van der Waals surface area contributed by atoms with Crippen molar-refractivity contribution in [2.45, 2.75) is 148 Å². The van der Waals surface area contributed by atoms with Crippen molar-refractivity contribution < 1.29 is 134 Å². The highest BCUT2D eigenvalue weighted by Gasteiger charge is 2.54. The summed E-state index contributed by atoms with van der Waals surface area (Å²) >= 11 is 0. The molecule has 0 aromatic rings. The van der Waals surface area contributed by atoms with Gasteiger partial charge in [-0.05, 0) is 0 Å². The van der Waals surface area contributed by atoms with E-state index in [-0.39, 0.29) is 26.4 Å². The normalized spacial score (nSPS) is 31.0. The van der Waals surface area contributed by atoms with Crippen molar-refractivity contribution in [3.63, 3.8) is 0 Å². The van der Waals surface area contributed by atoms with Gasteiger partial charge in [0.15, 0.2) is 55.5 Å². The molecule has 2 N–H and O–H groups in total. The molecular weight excluding hydrogens is 940 g/mol. The molecule has 0 aliphatic carbocycles. The van der Waals surface area contributed by atoms with E-state index in [4.69, 9.17) is 85.3 Å². The molecule has 69 heavy (non-hydrogen) atoms. The van der Waals surface area contributed by atoms with E-state index in [9.17, 15) is 48.6 Å². The van der Waals surface area contributed by atoms with E-state index in [1.807, 2.05) is 0 Å². The Hall–Kier alpha value is -4.72. The fourth-order valence-electron chi connectivity index (χ4n) is 7.06. The van der Waals surface area contributed by atoms with E-state index in [2.05, 4.69) is 0 Å². The second kappa shape index (κ2) is 29.5. The summed E-state index contributed by atoms with van der Waals surface area (Å²) in [5.74, 6) is -6.34. The molecule has 3 fully saturated rings. The van der Waals surface area contributed by atoms with Gasteiger partial charge in [-0.2, -0.15) is 0 Å². The third-order valence-electron chi connectivity index (χ3n) is 9.63. The van der Waals surface area contributed by atoms with Crippen LogP contribution in [0.1, 0.15) is 55.4 Å². The summed E-state index contributed by atoms with van der Waals surface area (Å²) in [5, 5.41) is 21.0. The largest absolute Gasteiger partial charge is 0.463 e. The predicted octanol–water partition coefficient (Wildman–Crippen LogP) is -2.37. The molecule has 0 aromatic carbocycles. The molecule has 3 saturated heterocycles. The van der Waals surface area contributed by atoms with E-state index in [0.29, 0.717) is 0 Å². The Morgan fingerprint density at radius 2 is 0.754 bits per heavy atom. The average Bonchev–Trinajstić information content (AvgIpc) is 3.25. The molecule has 28 nitrogen and oxygen atoms in total. The van der Waals surface area contributed by atoms with Crippen molar-refractivity contribution in [1.29, 1.82) is 0 Å². The third-order valence-corrected chi connectivity index (χ3v) is 9.63. The van der Waals surface area contributed by atoms with Crippen LogP contribution in [0.2, 0.25) is 0 Å². The van der Waals surface area contributed by atoms with Crippen molar-refractivity contribution in [1.82, 2.24) is 0 Å². The zero-order valence-corrected chi connectivity index (χ0v) is 39.5. The number of hydrogen-bond acceptors (Lipinski definition) is 28. The lowest BCUT2D eigenvalue weighted by molar-refractivity contribution is -0.330. The van der Waals surface area contributed by atoms with E-state index >= 15 is 0 Å². The molecule has 3 aliphatic heterocycles. The minimum absolute atomic E-state index is 0.228. The lowest BCUT2D eigenvalue weighted by atomic mass is 9.98. The Morgan fingerprint density at radius 3 is 1.10 bits per heavy atom. The molecule has 0 unspecified atom stereocenters. The zero-order valence-electron chi connectivity index (χ0n) is 39.5. The highest BCUT2D eigenvalue weighted by Crippen LogP contribution is 2.32. The minimum atomic E-state index is -1.50. The second-order valence-corrected chi connectivity index (χ2v) is 15.1. The van der Waals surface area contributed by atoms with Gasteiger partial charge in [-0.25, -0.2) is 0 Å². The maximum absolute atomic E-state index is 12.1. The summed E-state index contributed by atoms with van der Waals surface area (Å²) in [7, 11) is 1.27. The SMILES string of the molecule is CO[C@H]1O[C@H](CO)[C@@H](O)[C@H](OCOCCO[C@H]2O[C@H](COC(C)=O)[C@@H](OC(C)=O)[C@H](OC(C)=O)[C@@H]2OC(C)=O)[C@@H]1OCOCCO[C@H]1O[C@H](COC(C)=O)[C@@H](OC(C)=O)[C@H](OC(C)=O)[C@@H]1OC(C)=O. The van der Waals surface area contributed by atoms with E-state index in [1.54, 1.807) is 0 Å². The van der Waals surface area contributed by atoms with Gasteiger partial charge in [-0.15, -0.1) is 0 Å². The summed E-state index contributed by atoms with van der Waals surface area (Å²) in [6, 6.07) is 0. The smallest absolute Gasteiger partial charge is 0.303 e. The molecule has 3 heterocycles. The monoisotopic (exact) mass is 1000 g/mol. The van der Waals surface area contributed by atoms with E-state index < -0.39 is 173 Å². The molecule has 0 amide bonds. The van der Waals surface area contributed by atoms with Gasteiger partial charge >= 0.3 is 47.8 Å². The van der Waals surface area contributed by atoms with Crippen LogP contribution in [0.3, 0.4) is 0 Å². The van der Waals surface area contributed by atoms with Crippen LogP contribution in [0.5, 0.6) is 0 Å². The Labute approximate surface area is 395 Å². The van der Waals surface area contributed by atoms with Gasteiger partial charge in [0.25, 0.3) is 0 Å². The lowest BCUT2D eigenvalue weighted by Crippen LogP contribution is -2.63. The quantitative estimate of drug-likeness (QED) is 0.0396. The van der Waals surface area contributed by atoms with E-state index in [0.717, 1.165) is 55.4 Å². The number of aliphatic hydroxyl groups excluding tert-OH is 2. The first-order valence-electron chi connectivity index (χ1n) is 21.4. The van der Waals surface area contributed by atoms with Crippen LogP contribution in [0.25, 0.3) is 0 Å². The Kier molecular flexibility index (Phi) is 25.0. The number of hydrogen-bond donors (Lipinski definition) is 2. The van der Waals surface area contributed by atoms with Crippen molar-refractivity contribution in [3.8, 4) is 0 Å². The number of aliphatic hydroxyl groups is 2. The predicted molar refractivity (Wildman–Crippen MR) is 216 cm³/mol. The van der Waals surface area contributed by atoms with Crippen molar-refractivity contribution in [3.05, 3.63) is 0 Å². The maximum atomic E-state index is 12.1. The fraction of sp³-hybridized carbons (Fsp3) is 0.805. The Bertz CT molecular complexity index is 1690. The standard InChI is InChI=1S/C41H62O28/c1-19(43)57-15-28-31(61-21(3)45)34(63-23(5)47)37(65-25(7)49)40(68-28)55-12-10-53-17-59-33-30(51)27(14-42)67-39(52-9)36(33)60-18-54-11-13-56-41-38(66-26(8)50)35(64-24(6)48)32(62-22(4)46)29(69-41)16-58-20(2)44/h27-42,51H,10-18H2,1-9H3/t27-,28-,29-,30-,31-,32-,33+,34+,35+,36+,37+,38+,39+,40+,41+/m1/s1. The molecule has 0 radical (unpaired) electrons. The second-order valence-electron chi connectivity index (χ2n) is 15.1. The molecule has 15 atom stereocenters. The van der Waals surface area contributed by atoms with Gasteiger partial charge in [0.2, 0.25) is 0 Å². The molecule has 394 valence electrons. The summed E-state index contributed by atoms with van der Waals surface area (Å²) in [4.78, 5) is 95.8. The summed E-state index contributed by atoms with van der Waals surface area (Å²) in [5.41, 5.74) is 0. The van der Waals surface area contributed by atoms with Crippen LogP contribution in [0.4, 0.5) is 0 Å². The highest BCUT2D eigenvalue weighted by molar-refractivity contribution is 5.70. The first kappa shape index (κ1) is 58.6. The van der Waals surface area contributed by atoms with Crippen molar-refractivity contribution in [2.75, 3.05) is 66.9 Å². The molecule has 0 saturated carbocycles. The molecule has 0 spiro atoms. The number of carbonyl (C=O) groups excluding carboxylic acids is 8. The van der Waals surface area contributed by atoms with Gasteiger partial charge in [0, 0.05) is 62.5 Å². The topological polar surface area (TPSA) is 343 Å². The van der Waals surface area contributed by atoms with Gasteiger partial charge in [-0.3, -0.25) is 38.4 Å². The first-order chi connectivity index (χ1) is 32.7. The zero-order chi connectivity index (χ0) is 51.4. The van der Waals surface area contributed by atoms with Gasteiger partial charge in [0.1, 0.15) is 63.4 Å². The van der Waals surface area contributed by atoms with Gasteiger partial charge in [-0.1, -0.05) is 0 Å². The van der Waals surface area contributed by atoms with Crippen LogP contribution in [-0.4, -0.2) is 217 Å². The summed E-state index contributed by atoms with van der Waals surface area (Å²) in [6.45, 7) is 5.06. The fourth-order valence-corrected chi connectivity index (χ4v) is 7.06. The van der Waals surface area contributed by atoms with Crippen molar-refractivity contribution >= 4 is 47.8 Å². The Balaban J connectivity index is 1.64.